The Hall–Kier alpha value is -3.85. The highest BCUT2D eigenvalue weighted by Crippen LogP contribution is 2.28. The number of carbonyl (C=O) groups excluding carboxylic acids is 2. The van der Waals surface area contributed by atoms with Crippen molar-refractivity contribution in [2.75, 3.05) is 10.8 Å². The molecule has 4 aromatic carbocycles. The molecule has 230 valence electrons. The van der Waals surface area contributed by atoms with Crippen molar-refractivity contribution in [3.8, 4) is 0 Å². The van der Waals surface area contributed by atoms with E-state index in [-0.39, 0.29) is 29.8 Å². The molecular weight excluding hydrogens is 617 g/mol. The lowest BCUT2D eigenvalue weighted by Gasteiger charge is -2.34. The van der Waals surface area contributed by atoms with Crippen LogP contribution in [0, 0.1) is 6.92 Å². The molecule has 44 heavy (non-hydrogen) atoms. The van der Waals surface area contributed by atoms with E-state index in [1.807, 2.05) is 44.2 Å². The lowest BCUT2D eigenvalue weighted by molar-refractivity contribution is -0.140. The van der Waals surface area contributed by atoms with Crippen LogP contribution in [0.15, 0.2) is 108 Å². The van der Waals surface area contributed by atoms with Gasteiger partial charge in [0.05, 0.1) is 20.6 Å². The van der Waals surface area contributed by atoms with Crippen LogP contribution in [-0.2, 0) is 32.6 Å². The largest absolute Gasteiger partial charge is 0.352 e. The summed E-state index contributed by atoms with van der Waals surface area (Å²) in [5, 5.41) is 3.60. The number of halogens is 2. The monoisotopic (exact) mass is 651 g/mol. The van der Waals surface area contributed by atoms with E-state index in [0.717, 1.165) is 9.87 Å². The summed E-state index contributed by atoms with van der Waals surface area (Å²) in [5.41, 5.74) is 2.52. The Balaban J connectivity index is 1.82. The van der Waals surface area contributed by atoms with Crippen molar-refractivity contribution in [2.45, 2.75) is 50.7 Å². The van der Waals surface area contributed by atoms with E-state index >= 15 is 0 Å². The Morgan fingerprint density at radius 2 is 1.41 bits per heavy atom. The molecule has 1 N–H and O–H groups in total. The maximum absolute atomic E-state index is 14.5. The Labute approximate surface area is 269 Å². The molecule has 0 heterocycles. The smallest absolute Gasteiger partial charge is 0.264 e. The number of aryl methyl sites for hydroxylation is 1. The van der Waals surface area contributed by atoms with Crippen LogP contribution in [0.3, 0.4) is 0 Å². The Bertz CT molecular complexity index is 1700. The number of rotatable bonds is 12. The number of anilines is 1. The predicted octanol–water partition coefficient (Wildman–Crippen LogP) is 6.66. The molecule has 0 aliphatic rings. The number of nitrogens with zero attached hydrogens (tertiary/aromatic N) is 2. The van der Waals surface area contributed by atoms with Gasteiger partial charge in [-0.3, -0.25) is 13.9 Å². The number of hydrogen-bond acceptors (Lipinski definition) is 4. The number of sulfonamides is 1. The van der Waals surface area contributed by atoms with Crippen molar-refractivity contribution in [2.24, 2.45) is 0 Å². The third kappa shape index (κ3) is 8.20. The summed E-state index contributed by atoms with van der Waals surface area (Å²) in [5.74, 6) is -0.913. The highest BCUT2D eigenvalue weighted by molar-refractivity contribution is 7.92. The van der Waals surface area contributed by atoms with Crippen LogP contribution in [0.5, 0.6) is 0 Å². The third-order valence-electron chi connectivity index (χ3n) is 7.03. The van der Waals surface area contributed by atoms with Gasteiger partial charge in [0.15, 0.2) is 0 Å². The van der Waals surface area contributed by atoms with Crippen LogP contribution >= 0.6 is 23.2 Å². The second kappa shape index (κ2) is 14.8. The van der Waals surface area contributed by atoms with E-state index in [1.165, 1.54) is 17.0 Å². The number of hydrogen-bond donors (Lipinski definition) is 1. The van der Waals surface area contributed by atoms with Crippen molar-refractivity contribution in [3.63, 3.8) is 0 Å². The van der Waals surface area contributed by atoms with Crippen LogP contribution < -0.4 is 9.62 Å². The van der Waals surface area contributed by atoms with E-state index in [2.05, 4.69) is 5.32 Å². The van der Waals surface area contributed by atoms with Crippen LogP contribution in [0.1, 0.15) is 30.5 Å². The lowest BCUT2D eigenvalue weighted by Crippen LogP contribution is -2.54. The summed E-state index contributed by atoms with van der Waals surface area (Å²) in [7, 11) is -4.17. The van der Waals surface area contributed by atoms with E-state index in [9.17, 15) is 18.0 Å². The highest BCUT2D eigenvalue weighted by atomic mass is 35.5. The molecule has 0 bridgehead atoms. The van der Waals surface area contributed by atoms with Crippen LogP contribution in [0.4, 0.5) is 5.69 Å². The first-order valence-corrected chi connectivity index (χ1v) is 16.4. The summed E-state index contributed by atoms with van der Waals surface area (Å²) in [6.07, 6.45) is 0.211. The summed E-state index contributed by atoms with van der Waals surface area (Å²) < 4.78 is 29.2. The molecule has 4 rings (SSSR count). The van der Waals surface area contributed by atoms with Crippen LogP contribution in [0.25, 0.3) is 0 Å². The van der Waals surface area contributed by atoms with Crippen LogP contribution in [0.2, 0.25) is 10.0 Å². The van der Waals surface area contributed by atoms with Gasteiger partial charge >= 0.3 is 0 Å². The summed E-state index contributed by atoms with van der Waals surface area (Å²) in [6, 6.07) is 28.2. The van der Waals surface area contributed by atoms with Gasteiger partial charge in [-0.05, 0) is 67.8 Å². The minimum atomic E-state index is -4.17. The molecule has 0 aromatic heterocycles. The fraction of sp³-hybridized carbons (Fsp3) is 0.235. The average molecular weight is 653 g/mol. The maximum atomic E-state index is 14.5. The zero-order chi connectivity index (χ0) is 31.9. The SMILES string of the molecule is Cc1ccccc1N(CC(=O)N(Cc1ccc(Cl)c(Cl)c1)[C@H](Cc1ccccc1)C(=O)NC(C)C)S(=O)(=O)c1ccccc1. The quantitative estimate of drug-likeness (QED) is 0.186. The maximum Gasteiger partial charge on any atom is 0.264 e. The Kier molecular flexibility index (Phi) is 11.1. The Morgan fingerprint density at radius 3 is 2.02 bits per heavy atom. The molecule has 2 amide bonds. The first-order chi connectivity index (χ1) is 21.0. The van der Waals surface area contributed by atoms with Gasteiger partial charge in [0.1, 0.15) is 12.6 Å². The van der Waals surface area contributed by atoms with Gasteiger partial charge in [-0.1, -0.05) is 96.0 Å². The molecule has 7 nitrogen and oxygen atoms in total. The zero-order valence-corrected chi connectivity index (χ0v) is 27.1. The molecule has 0 saturated heterocycles. The van der Waals surface area contributed by atoms with Crippen molar-refractivity contribution in [3.05, 3.63) is 130 Å². The van der Waals surface area contributed by atoms with Crippen molar-refractivity contribution < 1.29 is 18.0 Å². The molecule has 0 aliphatic carbocycles. The molecule has 0 spiro atoms. The molecule has 4 aromatic rings. The number of para-hydroxylation sites is 1. The number of benzene rings is 4. The minimum Gasteiger partial charge on any atom is -0.352 e. The van der Waals surface area contributed by atoms with Gasteiger partial charge in [-0.2, -0.15) is 0 Å². The van der Waals surface area contributed by atoms with Crippen molar-refractivity contribution in [1.29, 1.82) is 0 Å². The second-order valence-electron chi connectivity index (χ2n) is 10.8. The van der Waals surface area contributed by atoms with Gasteiger partial charge in [0.25, 0.3) is 10.0 Å². The Morgan fingerprint density at radius 1 is 0.795 bits per heavy atom. The standard InChI is InChI=1S/C34H35Cl2N3O4S/c1-24(2)37-34(41)32(21-26-13-6-4-7-14-26)38(22-27-18-19-29(35)30(36)20-27)33(40)23-39(31-17-11-10-12-25(31)3)44(42,43)28-15-8-5-9-16-28/h4-20,24,32H,21-23H2,1-3H3,(H,37,41)/t32-/m1/s1. The van der Waals surface area contributed by atoms with Crippen molar-refractivity contribution >= 4 is 50.7 Å². The number of amides is 2. The van der Waals surface area contributed by atoms with E-state index in [1.54, 1.807) is 67.6 Å². The lowest BCUT2D eigenvalue weighted by atomic mass is 10.0. The van der Waals surface area contributed by atoms with E-state index in [0.29, 0.717) is 26.9 Å². The molecule has 0 aliphatic heterocycles. The van der Waals surface area contributed by atoms with Gasteiger partial charge in [-0.15, -0.1) is 0 Å². The van der Waals surface area contributed by atoms with Gasteiger partial charge < -0.3 is 10.2 Å². The van der Waals surface area contributed by atoms with Gasteiger partial charge in [-0.25, -0.2) is 8.42 Å². The topological polar surface area (TPSA) is 86.8 Å². The second-order valence-corrected chi connectivity index (χ2v) is 13.4. The molecule has 10 heteroatoms. The summed E-state index contributed by atoms with van der Waals surface area (Å²) in [6.45, 7) is 4.92. The molecule has 0 unspecified atom stereocenters. The first-order valence-electron chi connectivity index (χ1n) is 14.2. The predicted molar refractivity (Wildman–Crippen MR) is 176 cm³/mol. The van der Waals surface area contributed by atoms with E-state index < -0.39 is 28.5 Å². The first kappa shape index (κ1) is 33.1. The van der Waals surface area contributed by atoms with Gasteiger partial charge in [0.2, 0.25) is 11.8 Å². The summed E-state index contributed by atoms with van der Waals surface area (Å²) >= 11 is 12.5. The van der Waals surface area contributed by atoms with E-state index in [4.69, 9.17) is 23.2 Å². The fourth-order valence-electron chi connectivity index (χ4n) is 4.85. The van der Waals surface area contributed by atoms with Crippen molar-refractivity contribution in [1.82, 2.24) is 10.2 Å². The molecule has 0 fully saturated rings. The normalized spacial score (nSPS) is 12.0. The zero-order valence-electron chi connectivity index (χ0n) is 24.8. The number of carbonyl (C=O) groups is 2. The molecular formula is C34H35Cl2N3O4S. The minimum absolute atomic E-state index is 0.00820. The highest BCUT2D eigenvalue weighted by Gasteiger charge is 2.35. The third-order valence-corrected chi connectivity index (χ3v) is 9.55. The molecule has 0 saturated carbocycles. The average Bonchev–Trinajstić information content (AvgIpc) is 3.00. The molecule has 1 atom stereocenters. The van der Waals surface area contributed by atoms with Gasteiger partial charge in [0, 0.05) is 19.0 Å². The van der Waals surface area contributed by atoms with Crippen LogP contribution in [-0.4, -0.2) is 43.8 Å². The number of nitrogens with one attached hydrogen (secondary N) is 1. The fourth-order valence-corrected chi connectivity index (χ4v) is 6.67. The summed E-state index contributed by atoms with van der Waals surface area (Å²) in [4.78, 5) is 29.7. The molecule has 0 radical (unpaired) electrons.